The van der Waals surface area contributed by atoms with Gasteiger partial charge in [0, 0.05) is 24.1 Å². The van der Waals surface area contributed by atoms with Gasteiger partial charge >= 0.3 is 5.69 Å². The average molecular weight is 502 g/mol. The maximum Gasteiger partial charge on any atom is 0.333 e. The molecular formula is C26H20F2N6O3. The average Bonchev–Trinajstić information content (AvgIpc) is 3.39. The van der Waals surface area contributed by atoms with Gasteiger partial charge in [-0.15, -0.1) is 0 Å². The third-order valence-corrected chi connectivity index (χ3v) is 6.39. The lowest BCUT2D eigenvalue weighted by atomic mass is 10.0. The fourth-order valence-electron chi connectivity index (χ4n) is 4.72. The summed E-state index contributed by atoms with van der Waals surface area (Å²) in [5.41, 5.74) is 3.84. The highest BCUT2D eigenvalue weighted by atomic mass is 19.1. The Labute approximate surface area is 207 Å². The molecule has 0 aliphatic carbocycles. The van der Waals surface area contributed by atoms with E-state index in [0.717, 1.165) is 34.2 Å². The van der Waals surface area contributed by atoms with Gasteiger partial charge < -0.3 is 14.5 Å². The van der Waals surface area contributed by atoms with Crippen LogP contribution in [0.2, 0.25) is 0 Å². The first-order valence-electron chi connectivity index (χ1n) is 11.3. The molecule has 0 bridgehead atoms. The molecule has 0 unspecified atom stereocenters. The van der Waals surface area contributed by atoms with E-state index in [-0.39, 0.29) is 11.4 Å². The van der Waals surface area contributed by atoms with Crippen molar-refractivity contribution in [3.8, 4) is 28.3 Å². The monoisotopic (exact) mass is 502 g/mol. The Kier molecular flexibility index (Phi) is 5.14. The number of alkyl halides is 1. The summed E-state index contributed by atoms with van der Waals surface area (Å²) in [4.78, 5) is 29.4. The number of benzene rings is 2. The molecule has 37 heavy (non-hydrogen) atoms. The highest BCUT2D eigenvalue weighted by molar-refractivity contribution is 6.06. The van der Waals surface area contributed by atoms with E-state index in [1.54, 1.807) is 20.2 Å². The summed E-state index contributed by atoms with van der Waals surface area (Å²) in [5.74, 6) is 0.328. The Morgan fingerprint density at radius 3 is 2.70 bits per heavy atom. The normalized spacial score (nSPS) is 11.6. The van der Waals surface area contributed by atoms with Gasteiger partial charge in [-0.1, -0.05) is 6.07 Å². The van der Waals surface area contributed by atoms with Crippen LogP contribution in [0.4, 0.5) is 8.78 Å². The van der Waals surface area contributed by atoms with Crippen LogP contribution in [0.3, 0.4) is 0 Å². The van der Waals surface area contributed by atoms with Gasteiger partial charge in [-0.2, -0.15) is 0 Å². The summed E-state index contributed by atoms with van der Waals surface area (Å²) in [6, 6.07) is 9.39. The number of aromatic amines is 1. The Morgan fingerprint density at radius 1 is 1.08 bits per heavy atom. The third kappa shape index (κ3) is 3.42. The summed E-state index contributed by atoms with van der Waals surface area (Å²) >= 11 is 0. The molecule has 11 heteroatoms. The Bertz CT molecular complexity index is 1910. The molecule has 0 aliphatic rings. The number of aromatic nitrogens is 6. The molecule has 186 valence electrons. The predicted molar refractivity (Wildman–Crippen MR) is 135 cm³/mol. The summed E-state index contributed by atoms with van der Waals surface area (Å²) < 4.78 is 41.4. The van der Waals surface area contributed by atoms with Crippen LogP contribution in [0.5, 0.6) is 11.5 Å². The van der Waals surface area contributed by atoms with Crippen LogP contribution in [0, 0.1) is 12.7 Å². The molecule has 0 saturated heterocycles. The first-order chi connectivity index (χ1) is 17.9. The number of fused-ring (bicyclic) bond motifs is 4. The van der Waals surface area contributed by atoms with Crippen molar-refractivity contribution in [1.29, 1.82) is 0 Å². The van der Waals surface area contributed by atoms with Crippen LogP contribution in [-0.2, 0) is 7.05 Å². The van der Waals surface area contributed by atoms with Crippen molar-refractivity contribution in [3.63, 3.8) is 0 Å². The van der Waals surface area contributed by atoms with Gasteiger partial charge in [0.05, 0.1) is 53.3 Å². The summed E-state index contributed by atoms with van der Waals surface area (Å²) in [7, 11) is 3.12. The minimum atomic E-state index is -1.21. The quantitative estimate of drug-likeness (QED) is 0.371. The van der Waals surface area contributed by atoms with E-state index in [4.69, 9.17) is 9.47 Å². The number of H-pyrrole nitrogens is 1. The minimum absolute atomic E-state index is 0.198. The SMILES string of the molecule is COc1cc2ncc3c(c2cc1-c1ccc2nc(C)[nH]c2c1)n(-c1c(F)cncc1OCF)c(=O)n3C. The molecule has 0 atom stereocenters. The van der Waals surface area contributed by atoms with E-state index in [2.05, 4.69) is 19.9 Å². The number of aryl methyl sites for hydroxylation is 2. The highest BCUT2D eigenvalue weighted by Crippen LogP contribution is 2.38. The Hall–Kier alpha value is -4.80. The van der Waals surface area contributed by atoms with E-state index >= 15 is 4.39 Å². The second-order valence-electron chi connectivity index (χ2n) is 8.51. The van der Waals surface area contributed by atoms with Gasteiger partial charge in [0.1, 0.15) is 17.3 Å². The number of pyridine rings is 2. The van der Waals surface area contributed by atoms with Crippen LogP contribution in [0.15, 0.2) is 53.7 Å². The number of hydrogen-bond donors (Lipinski definition) is 1. The molecule has 6 rings (SSSR count). The second-order valence-corrected chi connectivity index (χ2v) is 8.51. The molecule has 0 radical (unpaired) electrons. The lowest BCUT2D eigenvalue weighted by molar-refractivity contribution is 0.190. The number of hydrogen-bond acceptors (Lipinski definition) is 6. The van der Waals surface area contributed by atoms with Crippen LogP contribution >= 0.6 is 0 Å². The van der Waals surface area contributed by atoms with Crippen LogP contribution in [-0.4, -0.2) is 43.0 Å². The Morgan fingerprint density at radius 2 is 1.92 bits per heavy atom. The largest absolute Gasteiger partial charge is 0.496 e. The molecule has 4 aromatic heterocycles. The number of nitrogens with one attached hydrogen (secondary N) is 1. The van der Waals surface area contributed by atoms with Crippen molar-refractivity contribution in [2.75, 3.05) is 14.0 Å². The minimum Gasteiger partial charge on any atom is -0.496 e. The second kappa shape index (κ2) is 8.40. The molecule has 0 saturated carbocycles. The first-order valence-corrected chi connectivity index (χ1v) is 11.3. The zero-order valence-corrected chi connectivity index (χ0v) is 20.0. The summed E-state index contributed by atoms with van der Waals surface area (Å²) in [6.45, 7) is 0.670. The number of imidazole rings is 2. The van der Waals surface area contributed by atoms with Gasteiger partial charge in [0.2, 0.25) is 6.86 Å². The van der Waals surface area contributed by atoms with Crippen molar-refractivity contribution in [1.82, 2.24) is 29.1 Å². The van der Waals surface area contributed by atoms with Crippen LogP contribution in [0.1, 0.15) is 5.82 Å². The number of nitrogens with zero attached hydrogens (tertiary/aromatic N) is 5. The maximum atomic E-state index is 15.1. The molecule has 6 aromatic rings. The standard InChI is InChI=1S/C26H20F2N6O3/c1-13-31-18-5-4-14(6-20(18)32-13)15-7-16-19(8-22(15)36-3)30-10-21-24(16)34(26(35)33(21)2)25-17(28)9-29-11-23(25)37-12-27/h4-11H,12H2,1-3H3,(H,31,32). The zero-order valence-electron chi connectivity index (χ0n) is 20.0. The van der Waals surface area contributed by atoms with E-state index < -0.39 is 18.4 Å². The van der Waals surface area contributed by atoms with Crippen molar-refractivity contribution < 1.29 is 18.3 Å². The summed E-state index contributed by atoms with van der Waals surface area (Å²) in [5, 5.41) is 0.564. The fraction of sp³-hybridized carbons (Fsp3) is 0.154. The topological polar surface area (TPSA) is 99.9 Å². The molecule has 4 heterocycles. The predicted octanol–water partition coefficient (Wildman–Crippen LogP) is 4.58. The van der Waals surface area contributed by atoms with Crippen molar-refractivity contribution in [3.05, 3.63) is 71.0 Å². The molecule has 0 spiro atoms. The molecule has 0 amide bonds. The molecule has 9 nitrogen and oxygen atoms in total. The van der Waals surface area contributed by atoms with Crippen LogP contribution in [0.25, 0.3) is 49.8 Å². The van der Waals surface area contributed by atoms with Gasteiger partial charge in [-0.3, -0.25) is 19.1 Å². The van der Waals surface area contributed by atoms with E-state index in [1.807, 2.05) is 31.2 Å². The number of rotatable bonds is 5. The van der Waals surface area contributed by atoms with Crippen LogP contribution < -0.4 is 15.2 Å². The number of methoxy groups -OCH3 is 1. The molecular weight excluding hydrogens is 482 g/mol. The molecule has 0 aliphatic heterocycles. The van der Waals surface area contributed by atoms with E-state index in [9.17, 15) is 9.18 Å². The molecule has 0 fully saturated rings. The highest BCUT2D eigenvalue weighted by Gasteiger charge is 2.23. The third-order valence-electron chi connectivity index (χ3n) is 6.39. The first kappa shape index (κ1) is 22.7. The number of ether oxygens (including phenoxy) is 2. The lowest BCUT2D eigenvalue weighted by Gasteiger charge is -2.14. The Balaban J connectivity index is 1.72. The smallest absolute Gasteiger partial charge is 0.333 e. The van der Waals surface area contributed by atoms with E-state index in [0.29, 0.717) is 27.7 Å². The van der Waals surface area contributed by atoms with Crippen molar-refractivity contribution in [2.45, 2.75) is 6.92 Å². The molecule has 1 N–H and O–H groups in total. The maximum absolute atomic E-state index is 15.1. The van der Waals surface area contributed by atoms with Crippen molar-refractivity contribution >= 4 is 33.0 Å². The van der Waals surface area contributed by atoms with Gasteiger partial charge in [0.15, 0.2) is 11.6 Å². The molecule has 2 aromatic carbocycles. The zero-order chi connectivity index (χ0) is 25.8. The van der Waals surface area contributed by atoms with Gasteiger partial charge in [0.25, 0.3) is 0 Å². The van der Waals surface area contributed by atoms with Gasteiger partial charge in [-0.05, 0) is 30.7 Å². The van der Waals surface area contributed by atoms with E-state index in [1.165, 1.54) is 21.5 Å². The van der Waals surface area contributed by atoms with Crippen molar-refractivity contribution in [2.24, 2.45) is 7.05 Å². The summed E-state index contributed by atoms with van der Waals surface area (Å²) in [6.07, 6.45) is 3.65. The van der Waals surface area contributed by atoms with Gasteiger partial charge in [-0.25, -0.2) is 18.6 Å². The fourth-order valence-corrected chi connectivity index (χ4v) is 4.72. The number of halogens is 2. The lowest BCUT2D eigenvalue weighted by Crippen LogP contribution is -2.22.